The molecule has 0 aromatic heterocycles. The van der Waals surface area contributed by atoms with E-state index in [0.717, 1.165) is 0 Å². The monoisotopic (exact) mass is 294 g/mol. The topological polar surface area (TPSA) is 107 Å². The Bertz CT molecular complexity index is 452. The molecule has 0 fully saturated rings. The Balaban J connectivity index is 4.13. The predicted octanol–water partition coefficient (Wildman–Crippen LogP) is 0.561. The molecule has 0 rings (SSSR count). The quantitative estimate of drug-likeness (QED) is 0.316. The van der Waals surface area contributed by atoms with Gasteiger partial charge in [0.25, 0.3) is 10.1 Å². The van der Waals surface area contributed by atoms with E-state index in [1.807, 2.05) is 0 Å². The fourth-order valence-corrected chi connectivity index (χ4v) is 1.61. The van der Waals surface area contributed by atoms with Crippen LogP contribution in [0.2, 0.25) is 0 Å². The smallest absolute Gasteiger partial charge is 0.333 e. The van der Waals surface area contributed by atoms with E-state index in [2.05, 4.69) is 11.3 Å². The molecule has 0 aliphatic heterocycles. The summed E-state index contributed by atoms with van der Waals surface area (Å²) < 4.78 is 39.9. The summed E-state index contributed by atoms with van der Waals surface area (Å²) in [5.74, 6) is -2.42. The number of esters is 2. The van der Waals surface area contributed by atoms with E-state index in [4.69, 9.17) is 9.29 Å². The predicted molar refractivity (Wildman–Crippen MR) is 66.9 cm³/mol. The van der Waals surface area contributed by atoms with E-state index < -0.39 is 33.2 Å². The SMILES string of the molecule is C=C(C)C(=O)OCCOC(=O)C(C)C(C)S(=O)(=O)O. The summed E-state index contributed by atoms with van der Waals surface area (Å²) in [7, 11) is -4.30. The highest BCUT2D eigenvalue weighted by Crippen LogP contribution is 2.12. The molecule has 19 heavy (non-hydrogen) atoms. The van der Waals surface area contributed by atoms with Crippen molar-refractivity contribution in [3.63, 3.8) is 0 Å². The highest BCUT2D eigenvalue weighted by molar-refractivity contribution is 7.86. The van der Waals surface area contributed by atoms with Crippen molar-refractivity contribution < 1.29 is 32.0 Å². The molecule has 0 aliphatic carbocycles. The van der Waals surface area contributed by atoms with Crippen molar-refractivity contribution in [3.05, 3.63) is 12.2 Å². The average Bonchev–Trinajstić information content (AvgIpc) is 2.30. The number of carbonyl (C=O) groups excluding carboxylic acids is 2. The van der Waals surface area contributed by atoms with E-state index in [-0.39, 0.29) is 18.8 Å². The molecular weight excluding hydrogens is 276 g/mol. The molecule has 1 N–H and O–H groups in total. The first-order chi connectivity index (χ1) is 8.57. The minimum absolute atomic E-state index is 0.148. The second-order valence-electron chi connectivity index (χ2n) is 4.09. The Kier molecular flexibility index (Phi) is 6.71. The zero-order chi connectivity index (χ0) is 15.2. The fourth-order valence-electron chi connectivity index (χ4n) is 0.981. The zero-order valence-corrected chi connectivity index (χ0v) is 11.9. The summed E-state index contributed by atoms with van der Waals surface area (Å²) in [6.45, 7) is 7.02. The van der Waals surface area contributed by atoms with Gasteiger partial charge in [-0.15, -0.1) is 0 Å². The molecule has 0 spiro atoms. The summed E-state index contributed by atoms with van der Waals surface area (Å²) in [4.78, 5) is 22.4. The van der Waals surface area contributed by atoms with Crippen molar-refractivity contribution in [2.45, 2.75) is 26.0 Å². The van der Waals surface area contributed by atoms with Crippen LogP contribution in [0, 0.1) is 5.92 Å². The van der Waals surface area contributed by atoms with Gasteiger partial charge in [-0.1, -0.05) is 13.5 Å². The van der Waals surface area contributed by atoms with Crippen LogP contribution in [0.3, 0.4) is 0 Å². The van der Waals surface area contributed by atoms with Crippen LogP contribution in [0.4, 0.5) is 0 Å². The summed E-state index contributed by atoms with van der Waals surface area (Å²) in [6.07, 6.45) is 0. The highest BCUT2D eigenvalue weighted by atomic mass is 32.2. The van der Waals surface area contributed by atoms with Crippen molar-refractivity contribution in [1.29, 1.82) is 0 Å². The Morgan fingerprint density at radius 3 is 2.11 bits per heavy atom. The van der Waals surface area contributed by atoms with Crippen LogP contribution in [0.25, 0.3) is 0 Å². The van der Waals surface area contributed by atoms with E-state index in [0.29, 0.717) is 0 Å². The van der Waals surface area contributed by atoms with Gasteiger partial charge in [0.1, 0.15) is 13.2 Å². The maximum absolute atomic E-state index is 11.5. The molecular formula is C11H18O7S. The van der Waals surface area contributed by atoms with E-state index in [9.17, 15) is 18.0 Å². The Morgan fingerprint density at radius 2 is 1.68 bits per heavy atom. The molecule has 2 atom stereocenters. The van der Waals surface area contributed by atoms with Gasteiger partial charge in [-0.2, -0.15) is 8.42 Å². The number of hydrogen-bond donors (Lipinski definition) is 1. The minimum Gasteiger partial charge on any atom is -0.462 e. The van der Waals surface area contributed by atoms with Gasteiger partial charge < -0.3 is 9.47 Å². The molecule has 7 nitrogen and oxygen atoms in total. The molecule has 0 aromatic carbocycles. The Hall–Kier alpha value is -1.41. The lowest BCUT2D eigenvalue weighted by atomic mass is 10.1. The molecule has 0 aromatic rings. The van der Waals surface area contributed by atoms with Gasteiger partial charge in [0.15, 0.2) is 0 Å². The van der Waals surface area contributed by atoms with E-state index >= 15 is 0 Å². The largest absolute Gasteiger partial charge is 0.462 e. The second kappa shape index (κ2) is 7.25. The Morgan fingerprint density at radius 1 is 1.21 bits per heavy atom. The molecule has 0 heterocycles. The molecule has 0 bridgehead atoms. The van der Waals surface area contributed by atoms with Crippen LogP contribution < -0.4 is 0 Å². The van der Waals surface area contributed by atoms with Gasteiger partial charge in [0, 0.05) is 5.57 Å². The van der Waals surface area contributed by atoms with Crippen LogP contribution in [0.1, 0.15) is 20.8 Å². The van der Waals surface area contributed by atoms with Crippen molar-refractivity contribution in [2.24, 2.45) is 5.92 Å². The Labute approximate surface area is 112 Å². The van der Waals surface area contributed by atoms with E-state index in [1.165, 1.54) is 20.8 Å². The fraction of sp³-hybridized carbons (Fsp3) is 0.636. The molecule has 2 unspecified atom stereocenters. The van der Waals surface area contributed by atoms with Crippen LogP contribution in [0.5, 0.6) is 0 Å². The van der Waals surface area contributed by atoms with Crippen LogP contribution in [-0.2, 0) is 29.2 Å². The lowest BCUT2D eigenvalue weighted by Gasteiger charge is -2.15. The van der Waals surface area contributed by atoms with Crippen LogP contribution in [0.15, 0.2) is 12.2 Å². The van der Waals surface area contributed by atoms with Gasteiger partial charge >= 0.3 is 11.9 Å². The van der Waals surface area contributed by atoms with Crippen LogP contribution >= 0.6 is 0 Å². The first-order valence-corrected chi connectivity index (χ1v) is 7.03. The van der Waals surface area contributed by atoms with Gasteiger partial charge in [-0.3, -0.25) is 9.35 Å². The molecule has 0 radical (unpaired) electrons. The molecule has 0 amide bonds. The standard InChI is InChI=1S/C11H18O7S/c1-7(2)10(12)17-5-6-18-11(13)8(3)9(4)19(14,15)16/h8-9H,1,5-6H2,2-4H3,(H,14,15,16). The van der Waals surface area contributed by atoms with Crippen molar-refractivity contribution in [3.8, 4) is 0 Å². The summed E-state index contributed by atoms with van der Waals surface area (Å²) in [5, 5.41) is -1.27. The normalized spacial score (nSPS) is 14.3. The maximum atomic E-state index is 11.5. The first-order valence-electron chi connectivity index (χ1n) is 5.53. The maximum Gasteiger partial charge on any atom is 0.333 e. The number of hydrogen-bond acceptors (Lipinski definition) is 6. The third-order valence-corrected chi connectivity index (χ3v) is 3.80. The van der Waals surface area contributed by atoms with Crippen LogP contribution in [-0.4, -0.2) is 43.4 Å². The van der Waals surface area contributed by atoms with Crippen molar-refractivity contribution >= 4 is 22.1 Å². The molecule has 0 saturated carbocycles. The minimum atomic E-state index is -4.30. The summed E-state index contributed by atoms with van der Waals surface area (Å²) in [6, 6.07) is 0. The molecule has 110 valence electrons. The first kappa shape index (κ1) is 17.6. The zero-order valence-electron chi connectivity index (χ0n) is 11.1. The molecule has 0 saturated heterocycles. The number of carbonyl (C=O) groups is 2. The lowest BCUT2D eigenvalue weighted by Crippen LogP contribution is -2.32. The van der Waals surface area contributed by atoms with Gasteiger partial charge in [-0.25, -0.2) is 4.79 Å². The molecule has 8 heteroatoms. The lowest BCUT2D eigenvalue weighted by molar-refractivity contribution is -0.153. The molecule has 0 aliphatic rings. The number of rotatable bonds is 7. The third-order valence-electron chi connectivity index (χ3n) is 2.46. The highest BCUT2D eigenvalue weighted by Gasteiger charge is 2.30. The van der Waals surface area contributed by atoms with E-state index in [1.54, 1.807) is 0 Å². The van der Waals surface area contributed by atoms with Gasteiger partial charge in [0.05, 0.1) is 11.2 Å². The summed E-state index contributed by atoms with van der Waals surface area (Å²) >= 11 is 0. The third kappa shape index (κ3) is 6.35. The van der Waals surface area contributed by atoms with Gasteiger partial charge in [-0.05, 0) is 13.8 Å². The van der Waals surface area contributed by atoms with Crippen molar-refractivity contribution in [1.82, 2.24) is 0 Å². The average molecular weight is 294 g/mol. The van der Waals surface area contributed by atoms with Crippen molar-refractivity contribution in [2.75, 3.05) is 13.2 Å². The van der Waals surface area contributed by atoms with Gasteiger partial charge in [0.2, 0.25) is 0 Å². The number of ether oxygens (including phenoxy) is 2. The summed E-state index contributed by atoms with van der Waals surface area (Å²) in [5.41, 5.74) is 0.222. The second-order valence-corrected chi connectivity index (χ2v) is 5.87.